The lowest BCUT2D eigenvalue weighted by atomic mass is 9.99. The lowest BCUT2D eigenvalue weighted by Crippen LogP contribution is -2.62. The Morgan fingerprint density at radius 2 is 1.37 bits per heavy atom. The van der Waals surface area contributed by atoms with Crippen molar-refractivity contribution in [1.29, 1.82) is 0 Å². The van der Waals surface area contributed by atoms with Gasteiger partial charge in [-0.2, -0.15) is 24.4 Å². The minimum atomic E-state index is -1.78. The van der Waals surface area contributed by atoms with Crippen LogP contribution in [-0.4, -0.2) is 159 Å². The minimum absolute atomic E-state index is 0.0485. The normalized spacial score (nSPS) is 15.7. The number of thiol groups is 1. The van der Waals surface area contributed by atoms with E-state index in [9.17, 15) is 58.8 Å². The summed E-state index contributed by atoms with van der Waals surface area (Å²) in [5.74, 6) is -7.70. The summed E-state index contributed by atoms with van der Waals surface area (Å²) >= 11 is 5.44. The number of carboxylic acid groups (broad SMARTS) is 1. The first-order valence-electron chi connectivity index (χ1n) is 19.0. The first-order chi connectivity index (χ1) is 28.4. The van der Waals surface area contributed by atoms with Crippen LogP contribution in [0.15, 0.2) is 30.5 Å². The summed E-state index contributed by atoms with van der Waals surface area (Å²) in [4.78, 5) is 106. The number of amides is 7. The highest BCUT2D eigenvalue weighted by Crippen LogP contribution is 2.19. The van der Waals surface area contributed by atoms with Crippen LogP contribution in [0.25, 0.3) is 10.9 Å². The third-order valence-corrected chi connectivity index (χ3v) is 10.5. The summed E-state index contributed by atoms with van der Waals surface area (Å²) in [7, 11) is 0. The molecule has 1 heterocycles. The number of thioether (sulfide) groups is 1. The van der Waals surface area contributed by atoms with Crippen molar-refractivity contribution in [2.24, 2.45) is 11.7 Å². The van der Waals surface area contributed by atoms with E-state index in [-0.39, 0.29) is 24.5 Å². The Morgan fingerprint density at radius 1 is 0.783 bits per heavy atom. The average molecular weight is 884 g/mol. The number of fused-ring (bicyclic) bond motifs is 1. The third-order valence-electron chi connectivity index (χ3n) is 9.47. The summed E-state index contributed by atoms with van der Waals surface area (Å²) in [5, 5.41) is 56.6. The largest absolute Gasteiger partial charge is 0.480 e. The highest BCUT2D eigenvalue weighted by Gasteiger charge is 2.35. The van der Waals surface area contributed by atoms with Gasteiger partial charge in [0.1, 0.15) is 36.3 Å². The van der Waals surface area contributed by atoms with Crippen molar-refractivity contribution in [3.8, 4) is 0 Å². The fourth-order valence-electron chi connectivity index (χ4n) is 5.59. The van der Waals surface area contributed by atoms with Crippen LogP contribution >= 0.6 is 24.4 Å². The predicted octanol–water partition coefficient (Wildman–Crippen LogP) is -3.76. The number of hydrogen-bond acceptors (Lipinski definition) is 14. The molecule has 334 valence electrons. The molecule has 21 nitrogen and oxygen atoms in total. The first kappa shape index (κ1) is 51.2. The maximum Gasteiger partial charge on any atom is 0.328 e. The maximum absolute atomic E-state index is 13.6. The van der Waals surface area contributed by atoms with Crippen LogP contribution in [0.4, 0.5) is 0 Å². The Hall–Kier alpha value is -4.94. The van der Waals surface area contributed by atoms with Gasteiger partial charge in [-0.3, -0.25) is 33.6 Å². The van der Waals surface area contributed by atoms with Crippen molar-refractivity contribution < 1.29 is 58.8 Å². The molecule has 0 unspecified atom stereocenters. The summed E-state index contributed by atoms with van der Waals surface area (Å²) in [5.41, 5.74) is 7.19. The Labute approximate surface area is 356 Å². The number of aliphatic hydroxyl groups excluding tert-OH is 3. The molecule has 1 aromatic carbocycles. The zero-order valence-corrected chi connectivity index (χ0v) is 35.4. The van der Waals surface area contributed by atoms with E-state index in [4.69, 9.17) is 5.73 Å². The zero-order valence-electron chi connectivity index (χ0n) is 33.7. The van der Waals surface area contributed by atoms with E-state index in [1.807, 2.05) is 6.92 Å². The summed E-state index contributed by atoms with van der Waals surface area (Å²) in [6, 6.07) is -2.93. The highest BCUT2D eigenvalue weighted by molar-refractivity contribution is 7.98. The molecular formula is C37H57N9O12S2. The molecule has 0 spiro atoms. The second-order valence-corrected chi connectivity index (χ2v) is 15.3. The standard InChI is InChI=1S/C37H57N9O12S2/c1-5-18(2)29(38)35(55)45-27(17-59)31(51)40-14-28(50)41-23(10-11-60-4)32(52)43-25(15-47)34(54)46-30(19(3)49)36(56)42-24(33(53)44-26(16-48)37(57)58)12-20-13-39-22-9-7-6-8-21(20)22/h6-9,13,18-19,23-27,29-30,39,47-49,59H,5,10-12,14-17,38H2,1-4H3,(H,40,51)(H,41,50)(H,42,56)(H,43,52)(H,44,53)(H,45,55)(H,46,54)(H,57,58)/t18-,19+,23-,24-,25-,26-,27-,29-,30-/m0/s1. The van der Waals surface area contributed by atoms with E-state index < -0.39 is 115 Å². The summed E-state index contributed by atoms with van der Waals surface area (Å²) in [6.07, 6.45) is 2.20. The number of benzene rings is 1. The van der Waals surface area contributed by atoms with Gasteiger partial charge in [0.2, 0.25) is 41.4 Å². The van der Waals surface area contributed by atoms with Crippen LogP contribution < -0.4 is 43.0 Å². The number of aromatic amines is 1. The van der Waals surface area contributed by atoms with Gasteiger partial charge >= 0.3 is 5.97 Å². The fourth-order valence-corrected chi connectivity index (χ4v) is 6.32. The molecular weight excluding hydrogens is 827 g/mol. The van der Waals surface area contributed by atoms with Crippen LogP contribution in [0, 0.1) is 5.92 Å². The predicted molar refractivity (Wildman–Crippen MR) is 224 cm³/mol. The van der Waals surface area contributed by atoms with Crippen molar-refractivity contribution in [1.82, 2.24) is 42.2 Å². The van der Waals surface area contributed by atoms with Crippen LogP contribution in [0.1, 0.15) is 39.2 Å². The molecule has 23 heteroatoms. The molecule has 0 saturated heterocycles. The molecule has 60 heavy (non-hydrogen) atoms. The number of H-pyrrole nitrogens is 1. The average Bonchev–Trinajstić information content (AvgIpc) is 3.64. The molecule has 0 aliphatic carbocycles. The Balaban J connectivity index is 2.16. The molecule has 0 bridgehead atoms. The van der Waals surface area contributed by atoms with E-state index in [1.165, 1.54) is 11.8 Å². The number of aromatic nitrogens is 1. The van der Waals surface area contributed by atoms with Crippen molar-refractivity contribution in [3.63, 3.8) is 0 Å². The van der Waals surface area contributed by atoms with Crippen molar-refractivity contribution in [3.05, 3.63) is 36.0 Å². The molecule has 0 aliphatic heterocycles. The van der Waals surface area contributed by atoms with E-state index in [0.29, 0.717) is 28.6 Å². The summed E-state index contributed by atoms with van der Waals surface area (Å²) in [6.45, 7) is 2.23. The van der Waals surface area contributed by atoms with Crippen LogP contribution in [-0.2, 0) is 44.8 Å². The molecule has 2 rings (SSSR count). The van der Waals surface area contributed by atoms with Gasteiger partial charge in [-0.05, 0) is 42.9 Å². The van der Waals surface area contributed by atoms with Gasteiger partial charge in [0.15, 0.2) is 0 Å². The monoisotopic (exact) mass is 883 g/mol. The van der Waals surface area contributed by atoms with Crippen LogP contribution in [0.5, 0.6) is 0 Å². The van der Waals surface area contributed by atoms with E-state index >= 15 is 0 Å². The quantitative estimate of drug-likeness (QED) is 0.0404. The number of carbonyl (C=O) groups is 8. The second kappa shape index (κ2) is 25.6. The molecule has 0 radical (unpaired) electrons. The van der Waals surface area contributed by atoms with E-state index in [0.717, 1.165) is 6.92 Å². The van der Waals surface area contributed by atoms with E-state index in [1.54, 1.807) is 43.6 Å². The molecule has 7 amide bonds. The number of para-hydroxylation sites is 1. The second-order valence-electron chi connectivity index (χ2n) is 14.0. The minimum Gasteiger partial charge on any atom is -0.480 e. The van der Waals surface area contributed by atoms with Gasteiger partial charge in [0, 0.05) is 29.3 Å². The van der Waals surface area contributed by atoms with Gasteiger partial charge in [0.25, 0.3) is 0 Å². The molecule has 0 aliphatic rings. The lowest BCUT2D eigenvalue weighted by molar-refractivity contribution is -0.143. The van der Waals surface area contributed by atoms with Gasteiger partial charge in [-0.15, -0.1) is 0 Å². The summed E-state index contributed by atoms with van der Waals surface area (Å²) < 4.78 is 0. The lowest BCUT2D eigenvalue weighted by Gasteiger charge is -2.27. The van der Waals surface area contributed by atoms with Gasteiger partial charge < -0.3 is 68.4 Å². The first-order valence-corrected chi connectivity index (χ1v) is 21.1. The van der Waals surface area contributed by atoms with Gasteiger partial charge in [-0.25, -0.2) is 4.79 Å². The third kappa shape index (κ3) is 15.6. The number of nitrogens with two attached hydrogens (primary N) is 1. The van der Waals surface area contributed by atoms with Gasteiger partial charge in [0.05, 0.1) is 31.9 Å². The Bertz CT molecular complexity index is 1800. The van der Waals surface area contributed by atoms with E-state index in [2.05, 4.69) is 54.8 Å². The number of carboxylic acids is 1. The number of aliphatic carboxylic acids is 1. The van der Waals surface area contributed by atoms with Crippen molar-refractivity contribution in [2.75, 3.05) is 37.5 Å². The molecule has 2 aromatic rings. The highest BCUT2D eigenvalue weighted by atomic mass is 32.2. The SMILES string of the molecule is CC[C@H](C)[C@H](N)C(=O)N[C@@H](CS)C(=O)NCC(=O)N[C@@H](CCSC)C(=O)N[C@@H](CO)C(=O)N[C@H](C(=O)N[C@@H](Cc1c[nH]c2ccccc12)C(=O)N[C@@H](CO)C(=O)O)[C@@H](C)O. The van der Waals surface area contributed by atoms with Gasteiger partial charge in [-0.1, -0.05) is 38.5 Å². The molecule has 0 saturated carbocycles. The molecule has 9 atom stereocenters. The Morgan fingerprint density at radius 3 is 1.95 bits per heavy atom. The zero-order chi connectivity index (χ0) is 45.1. The number of hydrogen-bond donors (Lipinski definition) is 14. The number of carbonyl (C=O) groups excluding carboxylic acids is 7. The Kier molecular flexibility index (Phi) is 21.9. The smallest absolute Gasteiger partial charge is 0.328 e. The van der Waals surface area contributed by atoms with Crippen LogP contribution in [0.3, 0.4) is 0 Å². The number of aliphatic hydroxyl groups is 3. The molecule has 14 N–H and O–H groups in total. The number of rotatable bonds is 26. The van der Waals surface area contributed by atoms with Crippen LogP contribution in [0.2, 0.25) is 0 Å². The molecule has 1 aromatic heterocycles. The van der Waals surface area contributed by atoms with Crippen molar-refractivity contribution >= 4 is 82.6 Å². The number of nitrogens with one attached hydrogen (secondary N) is 8. The fraction of sp³-hybridized carbons (Fsp3) is 0.568. The molecule has 0 fully saturated rings. The van der Waals surface area contributed by atoms with Crippen molar-refractivity contribution in [2.45, 2.75) is 88.4 Å². The maximum atomic E-state index is 13.6. The topological polar surface area (TPSA) is 344 Å².